The first-order valence-corrected chi connectivity index (χ1v) is 7.05. The smallest absolute Gasteiger partial charge is 0.237 e. The molecule has 106 valence electrons. The molecule has 2 atom stereocenters. The van der Waals surface area contributed by atoms with Crippen LogP contribution in [-0.4, -0.2) is 27.0 Å². The molecule has 0 aromatic carbocycles. The lowest BCUT2D eigenvalue weighted by Crippen LogP contribution is -2.55. The number of nitrogens with zero attached hydrogens (tertiary/aromatic N) is 2. The van der Waals surface area contributed by atoms with Gasteiger partial charge in [0.15, 0.2) is 0 Å². The van der Waals surface area contributed by atoms with Gasteiger partial charge in [0.25, 0.3) is 0 Å². The van der Waals surface area contributed by atoms with Crippen LogP contribution in [0.4, 0.5) is 0 Å². The van der Waals surface area contributed by atoms with Crippen LogP contribution < -0.4 is 11.1 Å². The topological polar surface area (TPSA) is 72.9 Å². The van der Waals surface area contributed by atoms with Gasteiger partial charge in [-0.15, -0.1) is 0 Å². The summed E-state index contributed by atoms with van der Waals surface area (Å²) in [6.07, 6.45) is 7.64. The van der Waals surface area contributed by atoms with E-state index in [2.05, 4.69) is 28.7 Å². The summed E-state index contributed by atoms with van der Waals surface area (Å²) in [6, 6.07) is 0.652. The van der Waals surface area contributed by atoms with Crippen molar-refractivity contribution >= 4 is 5.91 Å². The molecule has 2 unspecified atom stereocenters. The molecular formula is C14H24N4O. The van der Waals surface area contributed by atoms with Crippen LogP contribution in [0.15, 0.2) is 12.4 Å². The largest absolute Gasteiger partial charge is 0.368 e. The Morgan fingerprint density at radius 1 is 1.68 bits per heavy atom. The van der Waals surface area contributed by atoms with Crippen molar-refractivity contribution in [2.45, 2.75) is 64.1 Å². The van der Waals surface area contributed by atoms with Crippen LogP contribution in [0, 0.1) is 0 Å². The van der Waals surface area contributed by atoms with E-state index < -0.39 is 5.54 Å². The van der Waals surface area contributed by atoms with E-state index in [0.717, 1.165) is 25.1 Å². The molecule has 0 aliphatic heterocycles. The molecule has 0 bridgehead atoms. The van der Waals surface area contributed by atoms with E-state index in [1.165, 1.54) is 0 Å². The molecular weight excluding hydrogens is 240 g/mol. The minimum atomic E-state index is -0.643. The summed E-state index contributed by atoms with van der Waals surface area (Å²) in [5.41, 5.74) is 4.95. The van der Waals surface area contributed by atoms with Crippen LogP contribution in [0.25, 0.3) is 0 Å². The molecule has 1 heterocycles. The zero-order chi connectivity index (χ0) is 14.0. The van der Waals surface area contributed by atoms with Crippen molar-refractivity contribution in [3.8, 4) is 0 Å². The number of primary amides is 1. The predicted octanol–water partition coefficient (Wildman–Crippen LogP) is 1.39. The van der Waals surface area contributed by atoms with Crippen LogP contribution in [0.2, 0.25) is 0 Å². The highest BCUT2D eigenvalue weighted by molar-refractivity contribution is 5.84. The average molecular weight is 264 g/mol. The summed E-state index contributed by atoms with van der Waals surface area (Å²) in [6.45, 7) is 6.10. The lowest BCUT2D eigenvalue weighted by atomic mass is 9.92. The summed E-state index contributed by atoms with van der Waals surface area (Å²) >= 11 is 0. The van der Waals surface area contributed by atoms with Crippen LogP contribution in [0.1, 0.15) is 51.9 Å². The first kappa shape index (κ1) is 14.1. The second-order valence-electron chi connectivity index (χ2n) is 5.77. The Morgan fingerprint density at radius 2 is 2.37 bits per heavy atom. The van der Waals surface area contributed by atoms with Gasteiger partial charge in [0.2, 0.25) is 5.91 Å². The number of nitrogens with one attached hydrogen (secondary N) is 1. The molecule has 0 spiro atoms. The minimum Gasteiger partial charge on any atom is -0.368 e. The van der Waals surface area contributed by atoms with Crippen molar-refractivity contribution in [2.75, 3.05) is 0 Å². The maximum absolute atomic E-state index is 11.8. The summed E-state index contributed by atoms with van der Waals surface area (Å²) in [7, 11) is 0. The Kier molecular flexibility index (Phi) is 3.94. The van der Waals surface area contributed by atoms with Crippen molar-refractivity contribution in [1.29, 1.82) is 0 Å². The third-order valence-electron chi connectivity index (χ3n) is 3.89. The molecule has 1 fully saturated rings. The van der Waals surface area contributed by atoms with Gasteiger partial charge >= 0.3 is 0 Å². The Labute approximate surface area is 114 Å². The highest BCUT2D eigenvalue weighted by atomic mass is 16.1. The van der Waals surface area contributed by atoms with E-state index in [1.807, 2.05) is 19.3 Å². The highest BCUT2D eigenvalue weighted by Gasteiger charge is 2.38. The molecule has 1 aliphatic carbocycles. The third kappa shape index (κ3) is 3.15. The van der Waals surface area contributed by atoms with Gasteiger partial charge in [-0.2, -0.15) is 0 Å². The van der Waals surface area contributed by atoms with Crippen molar-refractivity contribution in [2.24, 2.45) is 5.73 Å². The van der Waals surface area contributed by atoms with Crippen molar-refractivity contribution < 1.29 is 4.79 Å². The van der Waals surface area contributed by atoms with Gasteiger partial charge in [-0.1, -0.05) is 6.92 Å². The molecule has 2 rings (SSSR count). The molecule has 1 aliphatic rings. The molecule has 1 amide bonds. The number of hydrogen-bond donors (Lipinski definition) is 2. The van der Waals surface area contributed by atoms with E-state index in [-0.39, 0.29) is 11.9 Å². The average Bonchev–Trinajstić information content (AvgIpc) is 3.02. The molecule has 5 nitrogen and oxygen atoms in total. The second-order valence-corrected chi connectivity index (χ2v) is 5.77. The number of aromatic nitrogens is 2. The third-order valence-corrected chi connectivity index (χ3v) is 3.89. The Hall–Kier alpha value is -1.36. The van der Waals surface area contributed by atoms with Crippen LogP contribution in [0.5, 0.6) is 0 Å². The van der Waals surface area contributed by atoms with E-state index in [9.17, 15) is 4.79 Å². The normalized spacial score (nSPS) is 19.9. The summed E-state index contributed by atoms with van der Waals surface area (Å²) in [5, 5.41) is 3.39. The monoisotopic (exact) mass is 264 g/mol. The van der Waals surface area contributed by atoms with E-state index in [1.54, 1.807) is 0 Å². The fourth-order valence-electron chi connectivity index (χ4n) is 2.62. The van der Waals surface area contributed by atoms with Crippen molar-refractivity contribution in [1.82, 2.24) is 14.9 Å². The fraction of sp³-hybridized carbons (Fsp3) is 0.714. The number of rotatable bonds is 7. The first-order chi connectivity index (χ1) is 8.96. The van der Waals surface area contributed by atoms with E-state index in [0.29, 0.717) is 12.5 Å². The standard InChI is InChI=1S/C14H24N4O/c1-4-12-16-7-8-18(12)10(2)9-14(3,13(15)19)17-11-5-6-11/h7-8,10-11,17H,4-6,9H2,1-3H3,(H2,15,19). The van der Waals surface area contributed by atoms with Gasteiger partial charge < -0.3 is 15.6 Å². The zero-order valence-corrected chi connectivity index (χ0v) is 12.0. The molecule has 19 heavy (non-hydrogen) atoms. The van der Waals surface area contributed by atoms with Crippen LogP contribution >= 0.6 is 0 Å². The number of aryl methyl sites for hydroxylation is 1. The van der Waals surface area contributed by atoms with Crippen molar-refractivity contribution in [3.63, 3.8) is 0 Å². The summed E-state index contributed by atoms with van der Waals surface area (Å²) in [4.78, 5) is 16.1. The molecule has 1 aromatic heterocycles. The first-order valence-electron chi connectivity index (χ1n) is 7.05. The number of imidazole rings is 1. The second kappa shape index (κ2) is 5.33. The van der Waals surface area contributed by atoms with Crippen molar-refractivity contribution in [3.05, 3.63) is 18.2 Å². The summed E-state index contributed by atoms with van der Waals surface area (Å²) < 4.78 is 2.13. The number of nitrogens with two attached hydrogens (primary N) is 1. The van der Waals surface area contributed by atoms with Crippen LogP contribution in [0.3, 0.4) is 0 Å². The lowest BCUT2D eigenvalue weighted by molar-refractivity contribution is -0.124. The van der Waals surface area contributed by atoms with Gasteiger partial charge in [-0.3, -0.25) is 4.79 Å². The molecule has 5 heteroatoms. The minimum absolute atomic E-state index is 0.196. The van der Waals surface area contributed by atoms with Crippen LogP contribution in [-0.2, 0) is 11.2 Å². The van der Waals surface area contributed by atoms with Gasteiger partial charge in [-0.25, -0.2) is 4.98 Å². The lowest BCUT2D eigenvalue weighted by Gasteiger charge is -2.31. The maximum atomic E-state index is 11.8. The molecule has 1 saturated carbocycles. The van der Waals surface area contributed by atoms with Gasteiger partial charge in [-0.05, 0) is 33.1 Å². The maximum Gasteiger partial charge on any atom is 0.237 e. The number of hydrogen-bond acceptors (Lipinski definition) is 3. The molecule has 1 aromatic rings. The quantitative estimate of drug-likeness (QED) is 0.781. The fourth-order valence-corrected chi connectivity index (χ4v) is 2.62. The van der Waals surface area contributed by atoms with Gasteiger partial charge in [0.1, 0.15) is 5.82 Å². The van der Waals surface area contributed by atoms with Gasteiger partial charge in [0.05, 0.1) is 5.54 Å². The highest BCUT2D eigenvalue weighted by Crippen LogP contribution is 2.28. The zero-order valence-electron chi connectivity index (χ0n) is 12.0. The number of carbonyl (C=O) groups excluding carboxylic acids is 1. The molecule has 0 saturated heterocycles. The molecule has 3 N–H and O–H groups in total. The predicted molar refractivity (Wildman–Crippen MR) is 74.7 cm³/mol. The summed E-state index contributed by atoms with van der Waals surface area (Å²) in [5.74, 6) is 0.773. The Morgan fingerprint density at radius 3 is 2.89 bits per heavy atom. The Bertz CT molecular complexity index is 452. The van der Waals surface area contributed by atoms with E-state index >= 15 is 0 Å². The van der Waals surface area contributed by atoms with Gasteiger partial charge in [0, 0.05) is 30.9 Å². The number of carbonyl (C=O) groups is 1. The van der Waals surface area contributed by atoms with E-state index in [4.69, 9.17) is 5.73 Å². The number of amides is 1. The SMILES string of the molecule is CCc1nccn1C(C)CC(C)(NC1CC1)C(N)=O. The molecule has 0 radical (unpaired) electrons. The Balaban J connectivity index is 2.10.